The third-order valence-electron chi connectivity index (χ3n) is 2.97. The van der Waals surface area contributed by atoms with Crippen LogP contribution in [-0.2, 0) is 4.79 Å². The van der Waals surface area contributed by atoms with E-state index >= 15 is 0 Å². The number of thioether (sulfide) groups is 1. The van der Waals surface area contributed by atoms with Gasteiger partial charge in [0.25, 0.3) is 0 Å². The molecule has 3 heteroatoms. The number of hydrogen-bond acceptors (Lipinski definition) is 2. The van der Waals surface area contributed by atoms with Crippen molar-refractivity contribution >= 4 is 23.4 Å². The fourth-order valence-corrected chi connectivity index (χ4v) is 2.92. The van der Waals surface area contributed by atoms with Crippen LogP contribution < -0.4 is 5.32 Å². The topological polar surface area (TPSA) is 29.1 Å². The number of aryl methyl sites for hydroxylation is 1. The molecule has 0 atom stereocenters. The number of nitrogens with one attached hydrogen (secondary N) is 1. The summed E-state index contributed by atoms with van der Waals surface area (Å²) in [6.45, 7) is 2.09. The van der Waals surface area contributed by atoms with E-state index in [0.29, 0.717) is 5.75 Å². The molecule has 0 saturated carbocycles. The summed E-state index contributed by atoms with van der Waals surface area (Å²) in [5.41, 5.74) is 4.59. The van der Waals surface area contributed by atoms with E-state index in [0.717, 1.165) is 10.6 Å². The van der Waals surface area contributed by atoms with Crippen molar-refractivity contribution in [2.24, 2.45) is 0 Å². The Labute approximate surface area is 110 Å². The van der Waals surface area contributed by atoms with Gasteiger partial charge in [-0.05, 0) is 30.2 Å². The van der Waals surface area contributed by atoms with Crippen LogP contribution >= 0.6 is 11.8 Å². The maximum atomic E-state index is 11.3. The zero-order valence-electron chi connectivity index (χ0n) is 10.1. The van der Waals surface area contributed by atoms with Gasteiger partial charge >= 0.3 is 0 Å². The number of benzene rings is 2. The first-order valence-corrected chi connectivity index (χ1v) is 6.85. The van der Waals surface area contributed by atoms with Crippen molar-refractivity contribution in [1.29, 1.82) is 0 Å². The highest BCUT2D eigenvalue weighted by Crippen LogP contribution is 2.35. The molecule has 0 fully saturated rings. The highest BCUT2D eigenvalue weighted by molar-refractivity contribution is 8.00. The lowest BCUT2D eigenvalue weighted by atomic mass is 10.0. The quantitative estimate of drug-likeness (QED) is 0.841. The van der Waals surface area contributed by atoms with Gasteiger partial charge in [0, 0.05) is 4.90 Å². The molecule has 2 aromatic carbocycles. The van der Waals surface area contributed by atoms with Crippen LogP contribution in [0.5, 0.6) is 0 Å². The summed E-state index contributed by atoms with van der Waals surface area (Å²) in [6, 6.07) is 14.6. The number of rotatable bonds is 1. The number of carbonyl (C=O) groups excluding carboxylic acids is 1. The molecule has 0 unspecified atom stereocenters. The molecule has 0 aromatic heterocycles. The van der Waals surface area contributed by atoms with Crippen LogP contribution in [0.3, 0.4) is 0 Å². The molecule has 18 heavy (non-hydrogen) atoms. The van der Waals surface area contributed by atoms with Crippen LogP contribution in [0.4, 0.5) is 5.69 Å². The van der Waals surface area contributed by atoms with Crippen LogP contribution in [0.25, 0.3) is 11.1 Å². The molecule has 1 aliphatic heterocycles. The Bertz CT molecular complexity index is 622. The SMILES string of the molecule is Cc1cccc(-c2ccc3c(c2)SCC(=O)N3)c1. The maximum Gasteiger partial charge on any atom is 0.234 e. The maximum absolute atomic E-state index is 11.3. The molecule has 1 heterocycles. The fraction of sp³-hybridized carbons (Fsp3) is 0.133. The molecule has 3 rings (SSSR count). The van der Waals surface area contributed by atoms with Crippen LogP contribution in [0.15, 0.2) is 47.4 Å². The normalized spacial score (nSPS) is 13.9. The van der Waals surface area contributed by atoms with Crippen LogP contribution in [0.1, 0.15) is 5.56 Å². The van der Waals surface area contributed by atoms with Crippen molar-refractivity contribution in [3.63, 3.8) is 0 Å². The Morgan fingerprint density at radius 2 is 1.94 bits per heavy atom. The van der Waals surface area contributed by atoms with Crippen LogP contribution in [0, 0.1) is 6.92 Å². The lowest BCUT2D eigenvalue weighted by Gasteiger charge is -2.17. The van der Waals surface area contributed by atoms with E-state index in [1.807, 2.05) is 6.07 Å². The lowest BCUT2D eigenvalue weighted by Crippen LogP contribution is -2.18. The van der Waals surface area contributed by atoms with E-state index in [1.54, 1.807) is 11.8 Å². The molecule has 0 spiro atoms. The number of carbonyl (C=O) groups is 1. The number of anilines is 1. The Morgan fingerprint density at radius 3 is 2.78 bits per heavy atom. The second-order valence-electron chi connectivity index (χ2n) is 4.42. The van der Waals surface area contributed by atoms with Crippen LogP contribution in [0.2, 0.25) is 0 Å². The van der Waals surface area contributed by atoms with Gasteiger partial charge in [0.15, 0.2) is 0 Å². The molecule has 2 nitrogen and oxygen atoms in total. The molecule has 0 radical (unpaired) electrons. The van der Waals surface area contributed by atoms with Crippen molar-refractivity contribution in [1.82, 2.24) is 0 Å². The fourth-order valence-electron chi connectivity index (χ4n) is 2.08. The monoisotopic (exact) mass is 255 g/mol. The zero-order chi connectivity index (χ0) is 12.5. The Kier molecular flexibility index (Phi) is 2.84. The average Bonchev–Trinajstić information content (AvgIpc) is 2.38. The minimum Gasteiger partial charge on any atom is -0.324 e. The molecule has 1 aliphatic rings. The number of fused-ring (bicyclic) bond motifs is 1. The van der Waals surface area contributed by atoms with Crippen molar-refractivity contribution < 1.29 is 4.79 Å². The molecule has 0 saturated heterocycles. The summed E-state index contributed by atoms with van der Waals surface area (Å²) in [6.07, 6.45) is 0. The zero-order valence-corrected chi connectivity index (χ0v) is 10.9. The van der Waals surface area contributed by atoms with Crippen LogP contribution in [-0.4, -0.2) is 11.7 Å². The van der Waals surface area contributed by atoms with E-state index in [-0.39, 0.29) is 5.91 Å². The second-order valence-corrected chi connectivity index (χ2v) is 5.43. The van der Waals surface area contributed by atoms with Gasteiger partial charge in [0.1, 0.15) is 0 Å². The smallest absolute Gasteiger partial charge is 0.234 e. The summed E-state index contributed by atoms with van der Waals surface area (Å²) in [7, 11) is 0. The Balaban J connectivity index is 2.02. The standard InChI is InChI=1S/C15H13NOS/c1-10-3-2-4-11(7-10)12-5-6-13-14(8-12)18-9-15(17)16-13/h2-8H,9H2,1H3,(H,16,17). The van der Waals surface area contributed by atoms with Gasteiger partial charge in [-0.1, -0.05) is 35.9 Å². The summed E-state index contributed by atoms with van der Waals surface area (Å²) in [5, 5.41) is 2.89. The van der Waals surface area contributed by atoms with Gasteiger partial charge in [-0.3, -0.25) is 4.79 Å². The number of amides is 1. The predicted molar refractivity (Wildman–Crippen MR) is 76.0 cm³/mol. The summed E-state index contributed by atoms with van der Waals surface area (Å²) >= 11 is 1.60. The highest BCUT2D eigenvalue weighted by Gasteiger charge is 2.15. The van der Waals surface area contributed by atoms with E-state index in [9.17, 15) is 4.79 Å². The predicted octanol–water partition coefficient (Wildman–Crippen LogP) is 3.71. The van der Waals surface area contributed by atoms with Gasteiger partial charge in [0.2, 0.25) is 5.91 Å². The lowest BCUT2D eigenvalue weighted by molar-refractivity contribution is -0.113. The van der Waals surface area contributed by atoms with Crippen molar-refractivity contribution in [2.45, 2.75) is 11.8 Å². The second kappa shape index (κ2) is 4.50. The summed E-state index contributed by atoms with van der Waals surface area (Å²) in [4.78, 5) is 12.4. The van der Waals surface area contributed by atoms with Crippen molar-refractivity contribution in [2.75, 3.05) is 11.1 Å². The third-order valence-corrected chi connectivity index (χ3v) is 4.02. The minimum absolute atomic E-state index is 0.0794. The first kappa shape index (κ1) is 11.4. The van der Waals surface area contributed by atoms with Crippen molar-refractivity contribution in [3.8, 4) is 11.1 Å². The van der Waals surface area contributed by atoms with E-state index in [2.05, 4.69) is 48.6 Å². The van der Waals surface area contributed by atoms with Gasteiger partial charge < -0.3 is 5.32 Å². The van der Waals surface area contributed by atoms with Gasteiger partial charge in [-0.2, -0.15) is 0 Å². The molecule has 1 amide bonds. The Morgan fingerprint density at radius 1 is 1.11 bits per heavy atom. The molecule has 0 aliphatic carbocycles. The first-order valence-electron chi connectivity index (χ1n) is 5.86. The van der Waals surface area contributed by atoms with E-state index in [4.69, 9.17) is 0 Å². The molecule has 2 aromatic rings. The van der Waals surface area contributed by atoms with E-state index < -0.39 is 0 Å². The molecule has 0 bridgehead atoms. The molecule has 90 valence electrons. The van der Waals surface area contributed by atoms with E-state index in [1.165, 1.54) is 16.7 Å². The first-order chi connectivity index (χ1) is 8.72. The Hall–Kier alpha value is -1.74. The number of hydrogen-bond donors (Lipinski definition) is 1. The summed E-state index contributed by atoms with van der Waals surface area (Å²) < 4.78 is 0. The van der Waals surface area contributed by atoms with Gasteiger partial charge in [-0.15, -0.1) is 11.8 Å². The van der Waals surface area contributed by atoms with Crippen molar-refractivity contribution in [3.05, 3.63) is 48.0 Å². The minimum atomic E-state index is 0.0794. The summed E-state index contributed by atoms with van der Waals surface area (Å²) in [5.74, 6) is 0.584. The van der Waals surface area contributed by atoms with Gasteiger partial charge in [0.05, 0.1) is 11.4 Å². The molecular formula is C15H13NOS. The highest BCUT2D eigenvalue weighted by atomic mass is 32.2. The van der Waals surface area contributed by atoms with Gasteiger partial charge in [-0.25, -0.2) is 0 Å². The largest absolute Gasteiger partial charge is 0.324 e. The average molecular weight is 255 g/mol. The molecule has 1 N–H and O–H groups in total. The third kappa shape index (κ3) is 2.14. The molecular weight excluding hydrogens is 242 g/mol.